The molecule has 1 saturated heterocycles. The number of halogens is 1. The summed E-state index contributed by atoms with van der Waals surface area (Å²) in [5, 5.41) is 2.90. The second kappa shape index (κ2) is 8.02. The molecule has 1 aliphatic heterocycles. The van der Waals surface area contributed by atoms with E-state index in [4.69, 9.17) is 4.74 Å². The predicted octanol–water partition coefficient (Wildman–Crippen LogP) is 3.58. The number of hydrogen-bond donors (Lipinski definition) is 1. The Morgan fingerprint density at radius 3 is 2.71 bits per heavy atom. The van der Waals surface area contributed by atoms with E-state index in [1.165, 1.54) is 18.6 Å². The molecule has 1 unspecified atom stereocenters. The van der Waals surface area contributed by atoms with Gasteiger partial charge in [-0.1, -0.05) is 0 Å². The molecule has 2 aromatic rings. The molecule has 1 aliphatic rings. The molecule has 0 aliphatic carbocycles. The molecule has 0 spiro atoms. The number of ether oxygens (including phenoxy) is 1. The number of rotatable bonds is 5. The third-order valence-corrected chi connectivity index (χ3v) is 4.19. The average molecular weight is 328 g/mol. The Labute approximate surface area is 141 Å². The lowest BCUT2D eigenvalue weighted by Gasteiger charge is -2.22. The largest absolute Gasteiger partial charge is 0.378 e. The summed E-state index contributed by atoms with van der Waals surface area (Å²) in [6.45, 7) is 1.43. The zero-order valence-corrected chi connectivity index (χ0v) is 13.5. The smallest absolute Gasteiger partial charge is 0.252 e. The van der Waals surface area contributed by atoms with Crippen molar-refractivity contribution in [3.63, 3.8) is 0 Å². The van der Waals surface area contributed by atoms with Crippen LogP contribution in [0.1, 0.15) is 36.0 Å². The van der Waals surface area contributed by atoms with Crippen molar-refractivity contribution in [2.45, 2.75) is 31.8 Å². The van der Waals surface area contributed by atoms with E-state index in [2.05, 4.69) is 10.3 Å². The summed E-state index contributed by atoms with van der Waals surface area (Å²) in [5.74, 6) is -0.416. The fourth-order valence-corrected chi connectivity index (χ4v) is 2.80. The van der Waals surface area contributed by atoms with E-state index < -0.39 is 0 Å². The molecule has 0 radical (unpaired) electrons. The maximum Gasteiger partial charge on any atom is 0.252 e. The molecule has 126 valence electrons. The Morgan fingerprint density at radius 2 is 2.04 bits per heavy atom. The lowest BCUT2D eigenvalue weighted by molar-refractivity contribution is 0.0117. The normalized spacial score (nSPS) is 17.5. The molecule has 1 fully saturated rings. The maximum atomic E-state index is 12.9. The van der Waals surface area contributed by atoms with Crippen molar-refractivity contribution in [3.8, 4) is 11.3 Å². The molecule has 0 saturated carbocycles. The quantitative estimate of drug-likeness (QED) is 0.913. The van der Waals surface area contributed by atoms with Gasteiger partial charge in [0.2, 0.25) is 0 Å². The number of nitrogens with one attached hydrogen (secondary N) is 1. The van der Waals surface area contributed by atoms with Gasteiger partial charge in [-0.05, 0) is 62.1 Å². The molecule has 2 heterocycles. The first kappa shape index (κ1) is 16.6. The Bertz CT molecular complexity index is 665. The lowest BCUT2D eigenvalue weighted by Crippen LogP contribution is -2.29. The van der Waals surface area contributed by atoms with E-state index in [0.717, 1.165) is 31.4 Å². The predicted molar refractivity (Wildman–Crippen MR) is 90.2 cm³/mol. The van der Waals surface area contributed by atoms with Gasteiger partial charge in [0, 0.05) is 24.9 Å². The standard InChI is InChI=1S/C19H21FN2O2/c20-16-7-4-14(5-8-16)18-9-6-15(13-22-18)19(23)21-11-10-17-3-1-2-12-24-17/h4-9,13,17H,1-3,10-12H2,(H,21,23). The van der Waals surface area contributed by atoms with Crippen molar-refractivity contribution >= 4 is 5.91 Å². The number of benzene rings is 1. The van der Waals surface area contributed by atoms with Gasteiger partial charge in [-0.25, -0.2) is 4.39 Å². The minimum absolute atomic E-state index is 0.135. The van der Waals surface area contributed by atoms with Crippen molar-refractivity contribution in [1.29, 1.82) is 0 Å². The van der Waals surface area contributed by atoms with Gasteiger partial charge in [0.05, 0.1) is 17.4 Å². The van der Waals surface area contributed by atoms with Gasteiger partial charge in [0.1, 0.15) is 5.82 Å². The van der Waals surface area contributed by atoms with Crippen LogP contribution in [-0.2, 0) is 4.74 Å². The zero-order chi connectivity index (χ0) is 16.8. The zero-order valence-electron chi connectivity index (χ0n) is 13.5. The van der Waals surface area contributed by atoms with Crippen LogP contribution in [0.2, 0.25) is 0 Å². The average Bonchev–Trinajstić information content (AvgIpc) is 2.63. The van der Waals surface area contributed by atoms with Gasteiger partial charge >= 0.3 is 0 Å². The van der Waals surface area contributed by atoms with Crippen LogP contribution in [0.25, 0.3) is 11.3 Å². The topological polar surface area (TPSA) is 51.2 Å². The van der Waals surface area contributed by atoms with Crippen molar-refractivity contribution in [1.82, 2.24) is 10.3 Å². The minimum Gasteiger partial charge on any atom is -0.378 e. The SMILES string of the molecule is O=C(NCCC1CCCCO1)c1ccc(-c2ccc(F)cc2)nc1. The highest BCUT2D eigenvalue weighted by molar-refractivity contribution is 5.94. The highest BCUT2D eigenvalue weighted by Crippen LogP contribution is 2.18. The number of pyridine rings is 1. The van der Waals surface area contributed by atoms with Crippen LogP contribution >= 0.6 is 0 Å². The van der Waals surface area contributed by atoms with E-state index in [9.17, 15) is 9.18 Å². The number of aromatic nitrogens is 1. The second-order valence-corrected chi connectivity index (χ2v) is 5.97. The summed E-state index contributed by atoms with van der Waals surface area (Å²) in [4.78, 5) is 16.4. The Hall–Kier alpha value is -2.27. The van der Waals surface area contributed by atoms with E-state index in [-0.39, 0.29) is 17.8 Å². The molecule has 1 atom stereocenters. The fraction of sp³-hybridized carbons (Fsp3) is 0.368. The van der Waals surface area contributed by atoms with Crippen molar-refractivity contribution in [2.24, 2.45) is 0 Å². The molecule has 4 nitrogen and oxygen atoms in total. The van der Waals surface area contributed by atoms with Gasteiger partial charge in [-0.15, -0.1) is 0 Å². The third kappa shape index (κ3) is 4.38. The van der Waals surface area contributed by atoms with E-state index in [0.29, 0.717) is 17.8 Å². The van der Waals surface area contributed by atoms with E-state index >= 15 is 0 Å². The summed E-state index contributed by atoms with van der Waals surface area (Å²) in [6.07, 6.45) is 6.06. The van der Waals surface area contributed by atoms with E-state index in [1.54, 1.807) is 30.5 Å². The third-order valence-electron chi connectivity index (χ3n) is 4.19. The molecule has 1 amide bonds. The summed E-state index contributed by atoms with van der Waals surface area (Å²) in [6, 6.07) is 9.63. The Kier molecular flexibility index (Phi) is 5.54. The number of carbonyl (C=O) groups is 1. The van der Waals surface area contributed by atoms with Crippen LogP contribution in [0.15, 0.2) is 42.6 Å². The van der Waals surface area contributed by atoms with Crippen LogP contribution in [0.4, 0.5) is 4.39 Å². The summed E-state index contributed by atoms with van der Waals surface area (Å²) < 4.78 is 18.6. The summed E-state index contributed by atoms with van der Waals surface area (Å²) in [5.41, 5.74) is 2.05. The van der Waals surface area contributed by atoms with Crippen LogP contribution < -0.4 is 5.32 Å². The fourth-order valence-electron chi connectivity index (χ4n) is 2.80. The lowest BCUT2D eigenvalue weighted by atomic mass is 10.1. The van der Waals surface area contributed by atoms with E-state index in [1.807, 2.05) is 0 Å². The summed E-state index contributed by atoms with van der Waals surface area (Å²) in [7, 11) is 0. The van der Waals surface area contributed by atoms with Gasteiger partial charge in [0.25, 0.3) is 5.91 Å². The molecule has 0 bridgehead atoms. The molecule has 3 rings (SSSR count). The first-order chi connectivity index (χ1) is 11.7. The highest BCUT2D eigenvalue weighted by Gasteiger charge is 2.14. The monoisotopic (exact) mass is 328 g/mol. The van der Waals surface area contributed by atoms with Gasteiger partial charge in [-0.3, -0.25) is 9.78 Å². The maximum absolute atomic E-state index is 12.9. The second-order valence-electron chi connectivity index (χ2n) is 5.97. The van der Waals surface area contributed by atoms with Gasteiger partial charge in [-0.2, -0.15) is 0 Å². The first-order valence-electron chi connectivity index (χ1n) is 8.34. The number of amides is 1. The van der Waals surface area contributed by atoms with Gasteiger partial charge in [0.15, 0.2) is 0 Å². The first-order valence-corrected chi connectivity index (χ1v) is 8.34. The molecule has 1 N–H and O–H groups in total. The highest BCUT2D eigenvalue weighted by atomic mass is 19.1. The molecular formula is C19H21FN2O2. The summed E-state index contributed by atoms with van der Waals surface area (Å²) >= 11 is 0. The van der Waals surface area contributed by atoms with Crippen molar-refractivity contribution < 1.29 is 13.9 Å². The molecule has 24 heavy (non-hydrogen) atoms. The molecular weight excluding hydrogens is 307 g/mol. The van der Waals surface area contributed by atoms with Crippen molar-refractivity contribution in [3.05, 3.63) is 54.0 Å². The number of nitrogens with zero attached hydrogens (tertiary/aromatic N) is 1. The van der Waals surface area contributed by atoms with Gasteiger partial charge < -0.3 is 10.1 Å². The Morgan fingerprint density at radius 1 is 1.21 bits per heavy atom. The number of carbonyl (C=O) groups excluding carboxylic acids is 1. The van der Waals surface area contributed by atoms with Crippen LogP contribution in [0.3, 0.4) is 0 Å². The van der Waals surface area contributed by atoms with Crippen LogP contribution in [0, 0.1) is 5.82 Å². The van der Waals surface area contributed by atoms with Crippen LogP contribution in [0.5, 0.6) is 0 Å². The molecule has 1 aromatic carbocycles. The molecule has 5 heteroatoms. The van der Waals surface area contributed by atoms with Crippen molar-refractivity contribution in [2.75, 3.05) is 13.2 Å². The Balaban J connectivity index is 1.52. The minimum atomic E-state index is -0.281. The number of hydrogen-bond acceptors (Lipinski definition) is 3. The van der Waals surface area contributed by atoms with Crippen LogP contribution in [-0.4, -0.2) is 30.1 Å². The molecule has 1 aromatic heterocycles.